The normalized spacial score (nSPS) is 12.1. The van der Waals surface area contributed by atoms with Gasteiger partial charge in [-0.15, -0.1) is 24.0 Å². The third-order valence-electron chi connectivity index (χ3n) is 3.21. The van der Waals surface area contributed by atoms with Crippen molar-refractivity contribution in [3.05, 3.63) is 29.8 Å². The summed E-state index contributed by atoms with van der Waals surface area (Å²) in [5.74, 6) is 0.505. The van der Waals surface area contributed by atoms with Crippen LogP contribution in [0.5, 0.6) is 0 Å². The Labute approximate surface area is 150 Å². The fourth-order valence-electron chi connectivity index (χ4n) is 1.80. The van der Waals surface area contributed by atoms with E-state index in [0.717, 1.165) is 18.7 Å². The Morgan fingerprint density at radius 2 is 1.64 bits per heavy atom. The van der Waals surface area contributed by atoms with Crippen molar-refractivity contribution in [3.63, 3.8) is 0 Å². The molecule has 8 heteroatoms. The number of nitrogens with two attached hydrogens (primary N) is 1. The van der Waals surface area contributed by atoms with Crippen LogP contribution < -0.4 is 5.73 Å². The highest BCUT2D eigenvalue weighted by Gasteiger charge is 2.16. The number of sulfonamides is 1. The van der Waals surface area contributed by atoms with E-state index in [1.807, 2.05) is 18.7 Å². The van der Waals surface area contributed by atoms with Gasteiger partial charge in [-0.25, -0.2) is 17.7 Å². The van der Waals surface area contributed by atoms with Gasteiger partial charge in [0.25, 0.3) is 0 Å². The molecule has 6 nitrogen and oxygen atoms in total. The summed E-state index contributed by atoms with van der Waals surface area (Å²) in [5.41, 5.74) is 6.82. The second-order valence-electron chi connectivity index (χ2n) is 4.78. The minimum Gasteiger partial charge on any atom is -0.370 e. The molecule has 0 radical (unpaired) electrons. The van der Waals surface area contributed by atoms with Crippen LogP contribution >= 0.6 is 24.0 Å². The second kappa shape index (κ2) is 9.31. The number of hydrogen-bond donors (Lipinski definition) is 1. The van der Waals surface area contributed by atoms with E-state index in [1.165, 1.54) is 18.4 Å². The van der Waals surface area contributed by atoms with Crippen molar-refractivity contribution in [3.8, 4) is 0 Å². The molecule has 0 aromatic heterocycles. The molecule has 0 aliphatic heterocycles. The molecule has 0 aliphatic carbocycles. The lowest BCUT2D eigenvalue weighted by molar-refractivity contribution is 0.458. The predicted octanol–water partition coefficient (Wildman–Crippen LogP) is 1.71. The fourth-order valence-corrected chi connectivity index (χ4v) is 2.70. The number of hydrogen-bond acceptors (Lipinski definition) is 3. The van der Waals surface area contributed by atoms with E-state index in [2.05, 4.69) is 4.99 Å². The average Bonchev–Trinajstić information content (AvgIpc) is 2.46. The van der Waals surface area contributed by atoms with E-state index < -0.39 is 10.0 Å². The van der Waals surface area contributed by atoms with E-state index in [4.69, 9.17) is 5.73 Å². The zero-order valence-electron chi connectivity index (χ0n) is 13.5. The van der Waals surface area contributed by atoms with Crippen LogP contribution in [0.1, 0.15) is 19.4 Å². The van der Waals surface area contributed by atoms with Crippen molar-refractivity contribution in [2.75, 3.05) is 27.2 Å². The largest absolute Gasteiger partial charge is 0.370 e. The van der Waals surface area contributed by atoms with Crippen LogP contribution in [0.2, 0.25) is 0 Å². The molecule has 0 saturated carbocycles. The van der Waals surface area contributed by atoms with Gasteiger partial charge in [-0.2, -0.15) is 0 Å². The van der Waals surface area contributed by atoms with Crippen molar-refractivity contribution >= 4 is 40.0 Å². The van der Waals surface area contributed by atoms with Gasteiger partial charge in [0.2, 0.25) is 10.0 Å². The first kappa shape index (κ1) is 21.1. The Kier molecular flexibility index (Phi) is 8.94. The Balaban J connectivity index is 0.00000441. The monoisotopic (exact) mass is 440 g/mol. The summed E-state index contributed by atoms with van der Waals surface area (Å²) >= 11 is 0. The molecular weight excluding hydrogens is 415 g/mol. The van der Waals surface area contributed by atoms with Gasteiger partial charge in [0.05, 0.1) is 11.4 Å². The molecule has 0 atom stereocenters. The van der Waals surface area contributed by atoms with Crippen molar-refractivity contribution in [1.29, 1.82) is 0 Å². The third-order valence-corrected chi connectivity index (χ3v) is 5.04. The highest BCUT2D eigenvalue weighted by molar-refractivity contribution is 14.0. The standard InChI is InChI=1S/C14H24N4O2S.HI/c1-5-18(6-2)14(15)16-11-12-7-9-13(10-8-12)21(19,20)17(3)4;/h7-10H,5-6,11H2,1-4H3,(H2,15,16);1H. The summed E-state index contributed by atoms with van der Waals surface area (Å²) in [6, 6.07) is 6.70. The Bertz CT molecular complexity index is 581. The van der Waals surface area contributed by atoms with Crippen LogP contribution in [0.15, 0.2) is 34.2 Å². The predicted molar refractivity (Wildman–Crippen MR) is 101 cm³/mol. The van der Waals surface area contributed by atoms with Gasteiger partial charge in [-0.1, -0.05) is 12.1 Å². The molecule has 0 saturated heterocycles. The average molecular weight is 440 g/mol. The lowest BCUT2D eigenvalue weighted by Gasteiger charge is -2.19. The van der Waals surface area contributed by atoms with Crippen LogP contribution in [0.25, 0.3) is 0 Å². The van der Waals surface area contributed by atoms with Gasteiger partial charge in [0, 0.05) is 27.2 Å². The fraction of sp³-hybridized carbons (Fsp3) is 0.500. The SMILES string of the molecule is CCN(CC)C(N)=NCc1ccc(S(=O)(=O)N(C)C)cc1.I. The van der Waals surface area contributed by atoms with Crippen LogP contribution in [0, 0.1) is 0 Å². The summed E-state index contributed by atoms with van der Waals surface area (Å²) in [6.45, 7) is 6.10. The lowest BCUT2D eigenvalue weighted by atomic mass is 10.2. The number of nitrogens with zero attached hydrogens (tertiary/aromatic N) is 3. The molecule has 126 valence electrons. The number of halogens is 1. The molecule has 1 rings (SSSR count). The maximum atomic E-state index is 11.9. The number of benzene rings is 1. The molecule has 0 aliphatic rings. The highest BCUT2D eigenvalue weighted by atomic mass is 127. The topological polar surface area (TPSA) is 79.0 Å². The van der Waals surface area contributed by atoms with Gasteiger partial charge >= 0.3 is 0 Å². The molecule has 0 fully saturated rings. The molecule has 0 amide bonds. The summed E-state index contributed by atoms with van der Waals surface area (Å²) < 4.78 is 25.1. The van der Waals surface area contributed by atoms with E-state index in [9.17, 15) is 8.42 Å². The molecule has 1 aromatic rings. The van der Waals surface area contributed by atoms with Gasteiger partial charge in [0.15, 0.2) is 5.96 Å². The molecule has 1 aromatic carbocycles. The minimum atomic E-state index is -3.38. The van der Waals surface area contributed by atoms with Crippen molar-refractivity contribution in [2.45, 2.75) is 25.3 Å². The first-order chi connectivity index (χ1) is 9.82. The van der Waals surface area contributed by atoms with Gasteiger partial charge in [-0.05, 0) is 31.5 Å². The number of aliphatic imine (C=N–C) groups is 1. The van der Waals surface area contributed by atoms with Gasteiger partial charge in [0.1, 0.15) is 0 Å². The second-order valence-corrected chi connectivity index (χ2v) is 6.93. The Morgan fingerprint density at radius 3 is 2.05 bits per heavy atom. The molecule has 0 unspecified atom stereocenters. The maximum absolute atomic E-state index is 11.9. The highest BCUT2D eigenvalue weighted by Crippen LogP contribution is 2.14. The third kappa shape index (κ3) is 5.40. The van der Waals surface area contributed by atoms with Crippen molar-refractivity contribution in [1.82, 2.24) is 9.21 Å². The Morgan fingerprint density at radius 1 is 1.14 bits per heavy atom. The lowest BCUT2D eigenvalue weighted by Crippen LogP contribution is -2.37. The van der Waals surface area contributed by atoms with E-state index in [0.29, 0.717) is 12.5 Å². The molecule has 0 heterocycles. The minimum absolute atomic E-state index is 0. The van der Waals surface area contributed by atoms with E-state index in [-0.39, 0.29) is 28.9 Å². The first-order valence-corrected chi connectivity index (χ1v) is 8.33. The smallest absolute Gasteiger partial charge is 0.242 e. The zero-order valence-corrected chi connectivity index (χ0v) is 16.6. The summed E-state index contributed by atoms with van der Waals surface area (Å²) in [7, 11) is -0.357. The van der Waals surface area contributed by atoms with Gasteiger partial charge < -0.3 is 10.6 Å². The van der Waals surface area contributed by atoms with Gasteiger partial charge in [-0.3, -0.25) is 0 Å². The van der Waals surface area contributed by atoms with E-state index >= 15 is 0 Å². The van der Waals surface area contributed by atoms with Crippen LogP contribution in [0.3, 0.4) is 0 Å². The van der Waals surface area contributed by atoms with Crippen molar-refractivity contribution < 1.29 is 8.42 Å². The Hall–Kier alpha value is -0.870. The van der Waals surface area contributed by atoms with Crippen molar-refractivity contribution in [2.24, 2.45) is 10.7 Å². The summed E-state index contributed by atoms with van der Waals surface area (Å²) in [5, 5.41) is 0. The number of rotatable bonds is 6. The first-order valence-electron chi connectivity index (χ1n) is 6.89. The molecule has 2 N–H and O–H groups in total. The quantitative estimate of drug-likeness (QED) is 0.415. The zero-order chi connectivity index (χ0) is 16.0. The molecule has 0 bridgehead atoms. The molecule has 0 spiro atoms. The van der Waals surface area contributed by atoms with E-state index in [1.54, 1.807) is 24.3 Å². The molecular formula is C14H25IN4O2S. The molecule has 22 heavy (non-hydrogen) atoms. The van der Waals surface area contributed by atoms with Crippen LogP contribution in [0.4, 0.5) is 0 Å². The maximum Gasteiger partial charge on any atom is 0.242 e. The number of guanidine groups is 1. The summed E-state index contributed by atoms with van der Waals surface area (Å²) in [6.07, 6.45) is 0. The van der Waals surface area contributed by atoms with Crippen LogP contribution in [-0.2, 0) is 16.6 Å². The summed E-state index contributed by atoms with van der Waals surface area (Å²) in [4.78, 5) is 6.56. The van der Waals surface area contributed by atoms with Crippen LogP contribution in [-0.4, -0.2) is 50.8 Å².